The van der Waals surface area contributed by atoms with Crippen LogP contribution in [0.4, 0.5) is 0 Å². The van der Waals surface area contributed by atoms with E-state index < -0.39 is 0 Å². The van der Waals surface area contributed by atoms with Crippen molar-refractivity contribution in [2.24, 2.45) is 0 Å². The van der Waals surface area contributed by atoms with Crippen molar-refractivity contribution in [1.82, 2.24) is 5.32 Å². The van der Waals surface area contributed by atoms with Crippen molar-refractivity contribution < 1.29 is 18.7 Å². The Morgan fingerprint density at radius 3 is 2.48 bits per heavy atom. The minimum Gasteiger partial charge on any atom is -0.493 e. The van der Waals surface area contributed by atoms with Crippen molar-refractivity contribution in [2.75, 3.05) is 13.7 Å². The summed E-state index contributed by atoms with van der Waals surface area (Å²) in [6.45, 7) is 10.4. The van der Waals surface area contributed by atoms with Crippen molar-refractivity contribution in [3.8, 4) is 11.5 Å². The summed E-state index contributed by atoms with van der Waals surface area (Å²) < 4.78 is 16.9. The van der Waals surface area contributed by atoms with Crippen LogP contribution in [-0.2, 0) is 0 Å². The molecule has 0 aliphatic heterocycles. The van der Waals surface area contributed by atoms with Gasteiger partial charge in [-0.05, 0) is 51.8 Å². The van der Waals surface area contributed by atoms with Gasteiger partial charge in [-0.1, -0.05) is 25.8 Å². The van der Waals surface area contributed by atoms with Crippen LogP contribution in [0.1, 0.15) is 72.2 Å². The Bertz CT molecular complexity index is 779. The van der Waals surface area contributed by atoms with Crippen molar-refractivity contribution in [3.63, 3.8) is 0 Å². The first kappa shape index (κ1) is 20.9. The predicted octanol–water partition coefficient (Wildman–Crippen LogP) is 5.27. The van der Waals surface area contributed by atoms with Gasteiger partial charge in [0, 0.05) is 5.56 Å². The molecule has 1 aromatic carbocycles. The van der Waals surface area contributed by atoms with Crippen LogP contribution < -0.4 is 14.8 Å². The maximum atomic E-state index is 12.7. The van der Waals surface area contributed by atoms with Crippen molar-refractivity contribution in [3.05, 3.63) is 46.4 Å². The average molecular weight is 373 g/mol. The maximum Gasteiger partial charge on any atom is 0.255 e. The van der Waals surface area contributed by atoms with Crippen molar-refractivity contribution in [1.29, 1.82) is 0 Å². The molecule has 1 amide bonds. The molecule has 2 rings (SSSR count). The van der Waals surface area contributed by atoms with E-state index >= 15 is 0 Å². The number of amides is 1. The zero-order valence-electron chi connectivity index (χ0n) is 17.3. The van der Waals surface area contributed by atoms with Crippen molar-refractivity contribution >= 4 is 5.91 Å². The van der Waals surface area contributed by atoms with Crippen LogP contribution in [0.5, 0.6) is 11.5 Å². The molecule has 5 heteroatoms. The number of ether oxygens (including phenoxy) is 2. The highest BCUT2D eigenvalue weighted by atomic mass is 16.5. The first-order valence-corrected chi connectivity index (χ1v) is 9.57. The molecule has 1 heterocycles. The molecule has 0 radical (unpaired) electrons. The van der Waals surface area contributed by atoms with Gasteiger partial charge < -0.3 is 19.2 Å². The number of furan rings is 1. The van der Waals surface area contributed by atoms with E-state index in [1.54, 1.807) is 7.11 Å². The van der Waals surface area contributed by atoms with Gasteiger partial charge in [-0.3, -0.25) is 4.79 Å². The fourth-order valence-corrected chi connectivity index (χ4v) is 3.09. The number of carbonyl (C=O) groups excluding carboxylic acids is 1. The molecule has 0 saturated carbocycles. The van der Waals surface area contributed by atoms with Gasteiger partial charge in [0.25, 0.3) is 5.91 Å². The lowest BCUT2D eigenvalue weighted by Gasteiger charge is -2.17. The summed E-state index contributed by atoms with van der Waals surface area (Å²) in [6, 6.07) is 5.61. The van der Waals surface area contributed by atoms with Crippen LogP contribution in [-0.4, -0.2) is 19.6 Å². The number of hydrogen-bond acceptors (Lipinski definition) is 4. The number of rotatable bonds is 9. The van der Waals surface area contributed by atoms with E-state index in [9.17, 15) is 4.79 Å². The number of methoxy groups -OCH3 is 1. The molecule has 5 nitrogen and oxygen atoms in total. The summed E-state index contributed by atoms with van der Waals surface area (Å²) in [7, 11) is 1.63. The Morgan fingerprint density at radius 1 is 1.15 bits per heavy atom. The molecule has 0 aliphatic carbocycles. The van der Waals surface area contributed by atoms with Crippen LogP contribution in [0, 0.1) is 20.8 Å². The lowest BCUT2D eigenvalue weighted by molar-refractivity contribution is 0.0937. The van der Waals surface area contributed by atoms with E-state index in [-0.39, 0.29) is 11.9 Å². The number of hydrogen-bond donors (Lipinski definition) is 1. The smallest absolute Gasteiger partial charge is 0.255 e. The molecule has 148 valence electrons. The lowest BCUT2D eigenvalue weighted by atomic mass is 10.1. The Balaban J connectivity index is 2.09. The predicted molar refractivity (Wildman–Crippen MR) is 107 cm³/mol. The summed E-state index contributed by atoms with van der Waals surface area (Å²) in [5, 5.41) is 3.04. The second-order valence-electron chi connectivity index (χ2n) is 6.88. The molecule has 0 spiro atoms. The highest BCUT2D eigenvalue weighted by Gasteiger charge is 2.21. The van der Waals surface area contributed by atoms with Crippen LogP contribution >= 0.6 is 0 Å². The van der Waals surface area contributed by atoms with E-state index in [1.165, 1.54) is 0 Å². The van der Waals surface area contributed by atoms with Crippen LogP contribution in [0.2, 0.25) is 0 Å². The SMILES string of the molecule is CCCCCOc1ccc(C(C)NC(=O)c2c(C)oc(C)c2C)cc1OC. The average Bonchev–Trinajstić information content (AvgIpc) is 2.90. The van der Waals surface area contributed by atoms with Gasteiger partial charge in [-0.2, -0.15) is 0 Å². The van der Waals surface area contributed by atoms with Gasteiger partial charge in [-0.15, -0.1) is 0 Å². The highest BCUT2D eigenvalue weighted by molar-refractivity contribution is 5.97. The summed E-state index contributed by atoms with van der Waals surface area (Å²) >= 11 is 0. The minimum absolute atomic E-state index is 0.131. The Labute approximate surface area is 162 Å². The molecular formula is C22H31NO4. The molecule has 0 bridgehead atoms. The van der Waals surface area contributed by atoms with Crippen molar-refractivity contribution in [2.45, 2.75) is 59.9 Å². The third-order valence-corrected chi connectivity index (χ3v) is 4.83. The van der Waals surface area contributed by atoms with E-state index in [0.717, 1.165) is 41.9 Å². The second-order valence-corrected chi connectivity index (χ2v) is 6.88. The normalized spacial score (nSPS) is 11.9. The second kappa shape index (κ2) is 9.49. The molecule has 1 N–H and O–H groups in total. The third kappa shape index (κ3) is 5.06. The molecule has 1 aromatic heterocycles. The van der Waals surface area contributed by atoms with E-state index in [4.69, 9.17) is 13.9 Å². The summed E-state index contributed by atoms with van der Waals surface area (Å²) in [5.41, 5.74) is 2.45. The van der Waals surface area contributed by atoms with Crippen LogP contribution in [0.15, 0.2) is 22.6 Å². The van der Waals surface area contributed by atoms with Gasteiger partial charge in [0.15, 0.2) is 11.5 Å². The van der Waals surface area contributed by atoms with E-state index in [0.29, 0.717) is 23.7 Å². The van der Waals surface area contributed by atoms with Gasteiger partial charge in [0.2, 0.25) is 0 Å². The number of aryl methyl sites for hydroxylation is 2. The highest BCUT2D eigenvalue weighted by Crippen LogP contribution is 2.31. The quantitative estimate of drug-likeness (QED) is 0.608. The molecule has 0 aliphatic rings. The standard InChI is InChI=1S/C22H31NO4/c1-7-8-9-12-26-19-11-10-18(13-20(19)25-6)15(3)23-22(24)21-14(2)16(4)27-17(21)5/h10-11,13,15H,7-9,12H2,1-6H3,(H,23,24). The number of nitrogens with one attached hydrogen (secondary N) is 1. The molecule has 1 atom stereocenters. The molecule has 0 saturated heterocycles. The Kier molecular flexibility index (Phi) is 7.34. The zero-order valence-corrected chi connectivity index (χ0v) is 17.3. The van der Waals surface area contributed by atoms with E-state index in [1.807, 2.05) is 45.9 Å². The first-order chi connectivity index (χ1) is 12.9. The molecule has 0 fully saturated rings. The molecule has 1 unspecified atom stereocenters. The number of carbonyl (C=O) groups is 1. The molecule has 27 heavy (non-hydrogen) atoms. The Hall–Kier alpha value is -2.43. The fourth-order valence-electron chi connectivity index (χ4n) is 3.09. The van der Waals surface area contributed by atoms with Crippen LogP contribution in [0.25, 0.3) is 0 Å². The maximum absolute atomic E-state index is 12.7. The van der Waals surface area contributed by atoms with Gasteiger partial charge in [0.05, 0.1) is 25.3 Å². The molecule has 2 aromatic rings. The monoisotopic (exact) mass is 373 g/mol. The molecular weight excluding hydrogens is 342 g/mol. The Morgan fingerprint density at radius 2 is 1.89 bits per heavy atom. The minimum atomic E-state index is -0.172. The third-order valence-electron chi connectivity index (χ3n) is 4.83. The topological polar surface area (TPSA) is 60.7 Å². The van der Waals surface area contributed by atoms with Gasteiger partial charge in [-0.25, -0.2) is 0 Å². The summed E-state index contributed by atoms with van der Waals surface area (Å²) in [4.78, 5) is 12.7. The number of benzene rings is 1. The first-order valence-electron chi connectivity index (χ1n) is 9.57. The van der Waals surface area contributed by atoms with Gasteiger partial charge in [0.1, 0.15) is 11.5 Å². The van der Waals surface area contributed by atoms with Gasteiger partial charge >= 0.3 is 0 Å². The lowest BCUT2D eigenvalue weighted by Crippen LogP contribution is -2.27. The largest absolute Gasteiger partial charge is 0.493 e. The van der Waals surface area contributed by atoms with Crippen LogP contribution in [0.3, 0.4) is 0 Å². The number of unbranched alkanes of at least 4 members (excludes halogenated alkanes) is 2. The summed E-state index contributed by atoms with van der Waals surface area (Å²) in [5.74, 6) is 2.69. The van der Waals surface area contributed by atoms with E-state index in [2.05, 4.69) is 12.2 Å². The zero-order chi connectivity index (χ0) is 20.0. The fraction of sp³-hybridized carbons (Fsp3) is 0.500. The summed E-state index contributed by atoms with van der Waals surface area (Å²) in [6.07, 6.45) is 3.33.